The lowest BCUT2D eigenvalue weighted by Crippen LogP contribution is -2.21. The summed E-state index contributed by atoms with van der Waals surface area (Å²) in [5.74, 6) is -0.292. The van der Waals surface area contributed by atoms with Gasteiger partial charge in [0.25, 0.3) is 5.91 Å². The van der Waals surface area contributed by atoms with Gasteiger partial charge in [-0.2, -0.15) is 0 Å². The number of benzene rings is 1. The molecule has 2 atom stereocenters. The highest BCUT2D eigenvalue weighted by molar-refractivity contribution is 6.31. The van der Waals surface area contributed by atoms with Crippen LogP contribution in [0.1, 0.15) is 18.9 Å². The standard InChI is InChI=1S/C14H16ClNO3/c1-8-3-4-10(6-12(8)15)16-13(17)7-19-14(18)11-5-9(11)2/h3-4,6,9,11H,5,7H2,1-2H3,(H,16,17)/t9-,11-/m0/s1. The molecule has 0 aromatic heterocycles. The molecule has 0 radical (unpaired) electrons. The number of amides is 1. The van der Waals surface area contributed by atoms with E-state index in [9.17, 15) is 9.59 Å². The molecule has 0 bridgehead atoms. The fourth-order valence-corrected chi connectivity index (χ4v) is 1.94. The number of hydrogen-bond acceptors (Lipinski definition) is 3. The van der Waals surface area contributed by atoms with Gasteiger partial charge in [-0.1, -0.05) is 24.6 Å². The fourth-order valence-electron chi connectivity index (χ4n) is 1.76. The summed E-state index contributed by atoms with van der Waals surface area (Å²) < 4.78 is 4.94. The summed E-state index contributed by atoms with van der Waals surface area (Å²) in [7, 11) is 0. The molecule has 1 aromatic carbocycles. The van der Waals surface area contributed by atoms with Crippen molar-refractivity contribution in [3.05, 3.63) is 28.8 Å². The van der Waals surface area contributed by atoms with Crippen molar-refractivity contribution in [3.63, 3.8) is 0 Å². The smallest absolute Gasteiger partial charge is 0.309 e. The Morgan fingerprint density at radius 3 is 2.74 bits per heavy atom. The Morgan fingerprint density at radius 1 is 1.47 bits per heavy atom. The number of carbonyl (C=O) groups is 2. The fraction of sp³-hybridized carbons (Fsp3) is 0.429. The number of halogens is 1. The highest BCUT2D eigenvalue weighted by Gasteiger charge is 2.40. The minimum absolute atomic E-state index is 0.0263. The number of nitrogens with one attached hydrogen (secondary N) is 1. The van der Waals surface area contributed by atoms with E-state index in [1.807, 2.05) is 19.9 Å². The summed E-state index contributed by atoms with van der Waals surface area (Å²) in [6.45, 7) is 3.61. The lowest BCUT2D eigenvalue weighted by molar-refractivity contribution is -0.148. The van der Waals surface area contributed by atoms with Crippen LogP contribution in [-0.2, 0) is 14.3 Å². The maximum atomic E-state index is 11.6. The second kappa shape index (κ2) is 5.61. The molecule has 2 rings (SSSR count). The monoisotopic (exact) mass is 281 g/mol. The Labute approximate surface area is 117 Å². The summed E-state index contributed by atoms with van der Waals surface area (Å²) in [5, 5.41) is 3.22. The first-order valence-corrected chi connectivity index (χ1v) is 6.58. The zero-order chi connectivity index (χ0) is 14.0. The molecule has 1 N–H and O–H groups in total. The molecule has 0 unspecified atom stereocenters. The van der Waals surface area contributed by atoms with Crippen molar-refractivity contribution in [2.45, 2.75) is 20.3 Å². The lowest BCUT2D eigenvalue weighted by atomic mass is 10.2. The molecule has 0 saturated heterocycles. The molecule has 0 spiro atoms. The van der Waals surface area contributed by atoms with E-state index in [2.05, 4.69) is 5.32 Å². The summed E-state index contributed by atoms with van der Waals surface area (Å²) in [5.41, 5.74) is 1.53. The van der Waals surface area contributed by atoms with Gasteiger partial charge in [0.15, 0.2) is 6.61 Å². The van der Waals surface area contributed by atoms with Crippen LogP contribution in [0.3, 0.4) is 0 Å². The van der Waals surface area contributed by atoms with Crippen molar-refractivity contribution in [1.29, 1.82) is 0 Å². The predicted molar refractivity (Wildman–Crippen MR) is 73.0 cm³/mol. The molecule has 4 nitrogen and oxygen atoms in total. The first kappa shape index (κ1) is 13.9. The van der Waals surface area contributed by atoms with E-state index in [1.165, 1.54) is 0 Å². The van der Waals surface area contributed by atoms with Gasteiger partial charge in [0.2, 0.25) is 0 Å². The number of esters is 1. The highest BCUT2D eigenvalue weighted by atomic mass is 35.5. The molecular formula is C14H16ClNO3. The van der Waals surface area contributed by atoms with Crippen molar-refractivity contribution in [1.82, 2.24) is 0 Å². The average Bonchev–Trinajstić information content (AvgIpc) is 3.08. The highest BCUT2D eigenvalue weighted by Crippen LogP contribution is 2.38. The van der Waals surface area contributed by atoms with E-state index in [0.717, 1.165) is 12.0 Å². The first-order valence-electron chi connectivity index (χ1n) is 6.20. The minimum atomic E-state index is -0.360. The van der Waals surface area contributed by atoms with Gasteiger partial charge < -0.3 is 10.1 Å². The Kier molecular flexibility index (Phi) is 4.10. The van der Waals surface area contributed by atoms with Gasteiger partial charge in [0.05, 0.1) is 5.92 Å². The molecular weight excluding hydrogens is 266 g/mol. The quantitative estimate of drug-likeness (QED) is 0.864. The van der Waals surface area contributed by atoms with Crippen LogP contribution in [0, 0.1) is 18.8 Å². The molecule has 102 valence electrons. The predicted octanol–water partition coefficient (Wildman–Crippen LogP) is 2.79. The summed E-state index contributed by atoms with van der Waals surface area (Å²) in [6, 6.07) is 5.24. The summed E-state index contributed by atoms with van der Waals surface area (Å²) in [4.78, 5) is 23.1. The number of rotatable bonds is 4. The zero-order valence-electron chi connectivity index (χ0n) is 10.9. The van der Waals surface area contributed by atoms with Gasteiger partial charge in [-0.05, 0) is 37.0 Å². The third-order valence-electron chi connectivity index (χ3n) is 3.21. The maximum Gasteiger partial charge on any atom is 0.309 e. The molecule has 0 heterocycles. The third-order valence-corrected chi connectivity index (χ3v) is 3.62. The molecule has 1 saturated carbocycles. The molecule has 1 aliphatic rings. The SMILES string of the molecule is Cc1ccc(NC(=O)COC(=O)[C@H]2C[C@@H]2C)cc1Cl. The third kappa shape index (κ3) is 3.70. The van der Waals surface area contributed by atoms with Gasteiger partial charge in [-0.25, -0.2) is 0 Å². The summed E-state index contributed by atoms with van der Waals surface area (Å²) in [6.07, 6.45) is 0.855. The van der Waals surface area contributed by atoms with E-state index < -0.39 is 0 Å². The number of carbonyl (C=O) groups excluding carboxylic acids is 2. The van der Waals surface area contributed by atoms with E-state index >= 15 is 0 Å². The van der Waals surface area contributed by atoms with Gasteiger partial charge >= 0.3 is 5.97 Å². The van der Waals surface area contributed by atoms with Gasteiger partial charge in [0.1, 0.15) is 0 Å². The largest absolute Gasteiger partial charge is 0.455 e. The van der Waals surface area contributed by atoms with Crippen LogP contribution in [0.15, 0.2) is 18.2 Å². The number of aryl methyl sites for hydroxylation is 1. The van der Waals surface area contributed by atoms with E-state index in [1.54, 1.807) is 12.1 Å². The number of hydrogen-bond donors (Lipinski definition) is 1. The van der Waals surface area contributed by atoms with Crippen molar-refractivity contribution in [2.75, 3.05) is 11.9 Å². The molecule has 1 aliphatic carbocycles. The van der Waals surface area contributed by atoms with E-state index in [0.29, 0.717) is 16.6 Å². The first-order chi connectivity index (χ1) is 8.97. The molecule has 5 heteroatoms. The van der Waals surface area contributed by atoms with Crippen molar-refractivity contribution in [2.24, 2.45) is 11.8 Å². The van der Waals surface area contributed by atoms with Gasteiger partial charge in [-0.3, -0.25) is 9.59 Å². The van der Waals surface area contributed by atoms with Gasteiger partial charge in [0, 0.05) is 10.7 Å². The van der Waals surface area contributed by atoms with Crippen LogP contribution in [0.2, 0.25) is 5.02 Å². The lowest BCUT2D eigenvalue weighted by Gasteiger charge is -2.07. The minimum Gasteiger partial charge on any atom is -0.455 e. The maximum absolute atomic E-state index is 11.6. The van der Waals surface area contributed by atoms with Crippen LogP contribution in [0.5, 0.6) is 0 Å². The van der Waals surface area contributed by atoms with Crippen molar-refractivity contribution < 1.29 is 14.3 Å². The van der Waals surface area contributed by atoms with Crippen LogP contribution in [0.4, 0.5) is 5.69 Å². The topological polar surface area (TPSA) is 55.4 Å². The van der Waals surface area contributed by atoms with E-state index in [-0.39, 0.29) is 24.4 Å². The van der Waals surface area contributed by atoms with Crippen molar-refractivity contribution >= 4 is 29.2 Å². The second-order valence-electron chi connectivity index (χ2n) is 4.94. The molecule has 1 amide bonds. The average molecular weight is 282 g/mol. The molecule has 1 aromatic rings. The number of ether oxygens (including phenoxy) is 1. The Balaban J connectivity index is 1.80. The van der Waals surface area contributed by atoms with Gasteiger partial charge in [-0.15, -0.1) is 0 Å². The molecule has 0 aliphatic heterocycles. The van der Waals surface area contributed by atoms with Crippen LogP contribution >= 0.6 is 11.6 Å². The molecule has 19 heavy (non-hydrogen) atoms. The normalized spacial score (nSPS) is 20.8. The van der Waals surface area contributed by atoms with Crippen LogP contribution in [-0.4, -0.2) is 18.5 Å². The van der Waals surface area contributed by atoms with Crippen molar-refractivity contribution in [3.8, 4) is 0 Å². The van der Waals surface area contributed by atoms with Crippen LogP contribution < -0.4 is 5.32 Å². The molecule has 1 fully saturated rings. The second-order valence-corrected chi connectivity index (χ2v) is 5.35. The van der Waals surface area contributed by atoms with Crippen LogP contribution in [0.25, 0.3) is 0 Å². The summed E-state index contributed by atoms with van der Waals surface area (Å²) >= 11 is 5.95. The zero-order valence-corrected chi connectivity index (χ0v) is 11.7. The van der Waals surface area contributed by atoms with E-state index in [4.69, 9.17) is 16.3 Å². The Morgan fingerprint density at radius 2 is 2.16 bits per heavy atom. The Hall–Kier alpha value is -1.55. The Bertz CT molecular complexity index is 515. The number of anilines is 1.